The monoisotopic (exact) mass is 280 g/mol. The molecular formula is C18H18NO2. The summed E-state index contributed by atoms with van der Waals surface area (Å²) in [6.07, 6.45) is 0.708. The Labute approximate surface area is 124 Å². The number of phenols is 1. The third-order valence-corrected chi connectivity index (χ3v) is 3.70. The van der Waals surface area contributed by atoms with Gasteiger partial charge in [-0.25, -0.2) is 0 Å². The molecule has 1 heterocycles. The summed E-state index contributed by atoms with van der Waals surface area (Å²) in [5, 5.41) is 10.7. The molecule has 1 aromatic heterocycles. The van der Waals surface area contributed by atoms with Crippen LogP contribution >= 0.6 is 0 Å². The SMILES string of the molecule is [CH2]Cc1cc2cc(O)ccc2n1Cc1cccc(OC)c1. The molecule has 0 aliphatic rings. The number of benzene rings is 2. The summed E-state index contributed by atoms with van der Waals surface area (Å²) >= 11 is 0. The number of fused-ring (bicyclic) bond motifs is 1. The maximum absolute atomic E-state index is 9.62. The van der Waals surface area contributed by atoms with Crippen molar-refractivity contribution in [1.82, 2.24) is 4.57 Å². The maximum atomic E-state index is 9.62. The molecule has 3 heteroatoms. The van der Waals surface area contributed by atoms with Crippen molar-refractivity contribution in [1.29, 1.82) is 0 Å². The number of hydrogen-bond donors (Lipinski definition) is 1. The third-order valence-electron chi connectivity index (χ3n) is 3.70. The number of methoxy groups -OCH3 is 1. The van der Waals surface area contributed by atoms with Crippen LogP contribution in [0.2, 0.25) is 0 Å². The number of aromatic hydroxyl groups is 1. The van der Waals surface area contributed by atoms with Gasteiger partial charge in [-0.15, -0.1) is 0 Å². The van der Waals surface area contributed by atoms with E-state index in [1.165, 1.54) is 5.56 Å². The summed E-state index contributed by atoms with van der Waals surface area (Å²) < 4.78 is 7.51. The second kappa shape index (κ2) is 5.52. The lowest BCUT2D eigenvalue weighted by Crippen LogP contribution is -2.03. The Kier molecular flexibility index (Phi) is 3.57. The van der Waals surface area contributed by atoms with Crippen molar-refractivity contribution in [3.63, 3.8) is 0 Å². The van der Waals surface area contributed by atoms with E-state index in [-0.39, 0.29) is 5.75 Å². The Bertz CT molecular complexity index is 774. The maximum Gasteiger partial charge on any atom is 0.119 e. The highest BCUT2D eigenvalue weighted by molar-refractivity contribution is 5.83. The van der Waals surface area contributed by atoms with Crippen LogP contribution in [0.15, 0.2) is 48.5 Å². The molecule has 0 amide bonds. The normalized spacial score (nSPS) is 11.0. The molecule has 0 unspecified atom stereocenters. The molecule has 0 aliphatic carbocycles. The smallest absolute Gasteiger partial charge is 0.119 e. The fourth-order valence-electron chi connectivity index (χ4n) is 2.66. The molecule has 3 nitrogen and oxygen atoms in total. The van der Waals surface area contributed by atoms with Crippen LogP contribution in [0.3, 0.4) is 0 Å². The summed E-state index contributed by atoms with van der Waals surface area (Å²) in [5.41, 5.74) is 3.43. The Balaban J connectivity index is 2.06. The zero-order valence-electron chi connectivity index (χ0n) is 12.0. The van der Waals surface area contributed by atoms with Crippen molar-refractivity contribution in [3.05, 3.63) is 66.7 Å². The Morgan fingerprint density at radius 1 is 1.14 bits per heavy atom. The van der Waals surface area contributed by atoms with Crippen molar-refractivity contribution >= 4 is 10.9 Å². The quantitative estimate of drug-likeness (QED) is 0.789. The topological polar surface area (TPSA) is 34.4 Å². The molecule has 3 rings (SSSR count). The zero-order chi connectivity index (χ0) is 14.8. The Hall–Kier alpha value is -2.42. The molecule has 0 aliphatic heterocycles. The summed E-state index contributed by atoms with van der Waals surface area (Å²) in [5.74, 6) is 1.15. The van der Waals surface area contributed by atoms with Gasteiger partial charge in [0.1, 0.15) is 11.5 Å². The molecule has 1 N–H and O–H groups in total. The Morgan fingerprint density at radius 2 is 2.00 bits per heavy atom. The van der Waals surface area contributed by atoms with E-state index in [0.29, 0.717) is 6.42 Å². The van der Waals surface area contributed by atoms with E-state index in [2.05, 4.69) is 23.6 Å². The molecule has 0 bridgehead atoms. The Morgan fingerprint density at radius 3 is 2.76 bits per heavy atom. The zero-order valence-corrected chi connectivity index (χ0v) is 12.0. The molecule has 1 radical (unpaired) electrons. The van der Waals surface area contributed by atoms with Gasteiger partial charge < -0.3 is 14.4 Å². The minimum absolute atomic E-state index is 0.289. The van der Waals surface area contributed by atoms with Gasteiger partial charge in [0.25, 0.3) is 0 Å². The summed E-state index contributed by atoms with van der Waals surface area (Å²) in [7, 11) is 1.67. The molecule has 3 aromatic rings. The van der Waals surface area contributed by atoms with Crippen LogP contribution < -0.4 is 4.74 Å². The lowest BCUT2D eigenvalue weighted by molar-refractivity contribution is 0.414. The first kappa shape index (κ1) is 13.6. The number of phenolic OH excluding ortho intramolecular Hbond substituents is 1. The van der Waals surface area contributed by atoms with Gasteiger partial charge in [-0.2, -0.15) is 0 Å². The fraction of sp³-hybridized carbons (Fsp3) is 0.167. The van der Waals surface area contributed by atoms with Crippen LogP contribution in [0, 0.1) is 6.92 Å². The highest BCUT2D eigenvalue weighted by Gasteiger charge is 2.09. The first-order valence-electron chi connectivity index (χ1n) is 6.94. The highest BCUT2D eigenvalue weighted by atomic mass is 16.5. The first-order valence-corrected chi connectivity index (χ1v) is 6.94. The molecule has 0 spiro atoms. The number of rotatable bonds is 4. The molecule has 0 saturated carbocycles. The van der Waals surface area contributed by atoms with Gasteiger partial charge in [-0.1, -0.05) is 12.1 Å². The fourth-order valence-corrected chi connectivity index (χ4v) is 2.66. The number of hydrogen-bond acceptors (Lipinski definition) is 2. The van der Waals surface area contributed by atoms with Crippen molar-refractivity contribution in [2.45, 2.75) is 13.0 Å². The lowest BCUT2D eigenvalue weighted by Gasteiger charge is -2.11. The number of ether oxygens (including phenoxy) is 1. The number of nitrogens with zero attached hydrogens (tertiary/aromatic N) is 1. The number of aromatic nitrogens is 1. The van der Waals surface area contributed by atoms with E-state index in [4.69, 9.17) is 4.74 Å². The standard InChI is InChI=1S/C18H18NO2/c1-3-15-10-14-11-16(20)7-8-18(14)19(15)12-13-5-4-6-17(9-13)21-2/h4-11,20H,1,3,12H2,2H3. The van der Waals surface area contributed by atoms with E-state index in [1.807, 2.05) is 24.3 Å². The lowest BCUT2D eigenvalue weighted by atomic mass is 10.2. The van der Waals surface area contributed by atoms with Crippen molar-refractivity contribution in [2.75, 3.05) is 7.11 Å². The van der Waals surface area contributed by atoms with E-state index in [9.17, 15) is 5.11 Å². The van der Waals surface area contributed by atoms with E-state index < -0.39 is 0 Å². The molecule has 21 heavy (non-hydrogen) atoms. The van der Waals surface area contributed by atoms with Gasteiger partial charge in [0.05, 0.1) is 7.11 Å². The van der Waals surface area contributed by atoms with E-state index >= 15 is 0 Å². The second-order valence-electron chi connectivity index (χ2n) is 5.07. The molecular weight excluding hydrogens is 262 g/mol. The molecule has 0 saturated heterocycles. The average Bonchev–Trinajstić information content (AvgIpc) is 2.84. The summed E-state index contributed by atoms with van der Waals surface area (Å²) in [6, 6.07) is 15.6. The molecule has 0 atom stereocenters. The van der Waals surface area contributed by atoms with Gasteiger partial charge in [0.2, 0.25) is 0 Å². The molecule has 2 aromatic carbocycles. The van der Waals surface area contributed by atoms with Crippen molar-refractivity contribution in [2.24, 2.45) is 0 Å². The minimum Gasteiger partial charge on any atom is -0.508 e. The van der Waals surface area contributed by atoms with Crippen LogP contribution in [0.25, 0.3) is 10.9 Å². The van der Waals surface area contributed by atoms with Crippen LogP contribution in [-0.4, -0.2) is 16.8 Å². The largest absolute Gasteiger partial charge is 0.508 e. The highest BCUT2D eigenvalue weighted by Crippen LogP contribution is 2.26. The van der Waals surface area contributed by atoms with E-state index in [1.54, 1.807) is 19.2 Å². The average molecular weight is 280 g/mol. The van der Waals surface area contributed by atoms with Gasteiger partial charge in [0, 0.05) is 23.1 Å². The third kappa shape index (κ3) is 2.59. The predicted octanol–water partition coefficient (Wildman–Crippen LogP) is 3.78. The van der Waals surface area contributed by atoms with Crippen molar-refractivity contribution in [3.8, 4) is 11.5 Å². The van der Waals surface area contributed by atoms with Gasteiger partial charge in [0.15, 0.2) is 0 Å². The van der Waals surface area contributed by atoms with Gasteiger partial charge in [-0.05, 0) is 55.3 Å². The first-order chi connectivity index (χ1) is 10.2. The molecule has 107 valence electrons. The predicted molar refractivity (Wildman–Crippen MR) is 84.8 cm³/mol. The second-order valence-corrected chi connectivity index (χ2v) is 5.07. The van der Waals surface area contributed by atoms with Crippen LogP contribution in [0.4, 0.5) is 0 Å². The van der Waals surface area contributed by atoms with Crippen LogP contribution in [-0.2, 0) is 13.0 Å². The van der Waals surface area contributed by atoms with Crippen LogP contribution in [0.5, 0.6) is 11.5 Å². The van der Waals surface area contributed by atoms with Gasteiger partial charge in [-0.3, -0.25) is 0 Å². The van der Waals surface area contributed by atoms with Gasteiger partial charge >= 0.3 is 0 Å². The summed E-state index contributed by atoms with van der Waals surface area (Å²) in [6.45, 7) is 4.76. The van der Waals surface area contributed by atoms with E-state index in [0.717, 1.165) is 28.9 Å². The molecule has 0 fully saturated rings. The summed E-state index contributed by atoms with van der Waals surface area (Å²) in [4.78, 5) is 0. The van der Waals surface area contributed by atoms with Crippen LogP contribution in [0.1, 0.15) is 11.3 Å². The van der Waals surface area contributed by atoms with Crippen molar-refractivity contribution < 1.29 is 9.84 Å². The minimum atomic E-state index is 0.289.